The number of aliphatic carboxylic acids is 1. The van der Waals surface area contributed by atoms with Gasteiger partial charge >= 0.3 is 12.1 Å². The predicted octanol–water partition coefficient (Wildman–Crippen LogP) is 6.55. The second kappa shape index (κ2) is 11.9. The van der Waals surface area contributed by atoms with Crippen LogP contribution in [0.4, 0.5) is 4.79 Å². The molecule has 3 atom stereocenters. The number of methoxy groups -OCH3 is 1. The number of carbonyl (C=O) groups is 2. The van der Waals surface area contributed by atoms with Crippen LogP contribution in [-0.4, -0.2) is 43.0 Å². The van der Waals surface area contributed by atoms with Crippen molar-refractivity contribution in [2.24, 2.45) is 5.92 Å². The third-order valence-corrected chi connectivity index (χ3v) is 8.01. The second-order valence-electron chi connectivity index (χ2n) is 10.3. The molecule has 0 spiro atoms. The molecule has 0 heterocycles. The first-order valence-corrected chi connectivity index (χ1v) is 13.6. The summed E-state index contributed by atoms with van der Waals surface area (Å²) in [4.78, 5) is 24.7. The zero-order valence-electron chi connectivity index (χ0n) is 22.4. The maximum absolute atomic E-state index is 12.7. The number of fused-ring (bicyclic) bond motifs is 3. The van der Waals surface area contributed by atoms with Gasteiger partial charge in [-0.15, -0.1) is 0 Å². The number of rotatable bonds is 9. The lowest BCUT2D eigenvalue weighted by Gasteiger charge is -2.25. The minimum atomic E-state index is -1.07. The molecule has 2 aromatic carbocycles. The fraction of sp³-hybridized carbons (Fsp3) is 0.333. The lowest BCUT2D eigenvalue weighted by molar-refractivity contribution is -0.139. The number of amides is 1. The van der Waals surface area contributed by atoms with Gasteiger partial charge in [0, 0.05) is 13.0 Å². The van der Waals surface area contributed by atoms with Gasteiger partial charge in [0.15, 0.2) is 0 Å². The molecule has 2 N–H and O–H groups in total. The van der Waals surface area contributed by atoms with E-state index in [0.717, 1.165) is 40.7 Å². The van der Waals surface area contributed by atoms with Crippen LogP contribution in [0.3, 0.4) is 0 Å². The van der Waals surface area contributed by atoms with Gasteiger partial charge in [0.05, 0.1) is 6.10 Å². The molecule has 0 saturated carbocycles. The first-order valence-electron chi connectivity index (χ1n) is 13.6. The van der Waals surface area contributed by atoms with Gasteiger partial charge < -0.3 is 19.9 Å². The highest BCUT2D eigenvalue weighted by Gasteiger charge is 2.30. The smallest absolute Gasteiger partial charge is 0.407 e. The Kier molecular flexibility index (Phi) is 8.13. The van der Waals surface area contributed by atoms with Gasteiger partial charge in [0.2, 0.25) is 0 Å². The van der Waals surface area contributed by atoms with Crippen LogP contribution in [0.25, 0.3) is 11.1 Å². The highest BCUT2D eigenvalue weighted by molar-refractivity contribution is 5.81. The minimum Gasteiger partial charge on any atom is -0.480 e. The Labute approximate surface area is 229 Å². The van der Waals surface area contributed by atoms with Crippen molar-refractivity contribution in [1.29, 1.82) is 0 Å². The average Bonchev–Trinajstić information content (AvgIpc) is 3.29. The summed E-state index contributed by atoms with van der Waals surface area (Å²) in [5, 5.41) is 12.4. The Morgan fingerprint density at radius 2 is 1.72 bits per heavy atom. The van der Waals surface area contributed by atoms with E-state index in [0.29, 0.717) is 12.8 Å². The molecule has 0 aromatic heterocycles. The number of hydrogen-bond acceptors (Lipinski definition) is 4. The summed E-state index contributed by atoms with van der Waals surface area (Å²) in [6.07, 6.45) is 12.8. The molecule has 3 aliphatic carbocycles. The van der Waals surface area contributed by atoms with E-state index in [-0.39, 0.29) is 24.5 Å². The molecule has 0 aliphatic heterocycles. The van der Waals surface area contributed by atoms with Gasteiger partial charge in [0.1, 0.15) is 12.6 Å². The van der Waals surface area contributed by atoms with E-state index in [1.165, 1.54) is 11.1 Å². The molecule has 5 rings (SSSR count). The predicted molar refractivity (Wildman–Crippen MR) is 151 cm³/mol. The van der Waals surface area contributed by atoms with Crippen LogP contribution in [-0.2, 0) is 14.3 Å². The van der Waals surface area contributed by atoms with Crippen LogP contribution in [0.5, 0.6) is 0 Å². The Balaban J connectivity index is 1.18. The normalized spacial score (nSPS) is 20.7. The van der Waals surface area contributed by atoms with Crippen molar-refractivity contribution in [2.45, 2.75) is 50.7 Å². The van der Waals surface area contributed by atoms with E-state index in [9.17, 15) is 14.7 Å². The van der Waals surface area contributed by atoms with Crippen LogP contribution in [0.1, 0.15) is 49.7 Å². The zero-order valence-corrected chi connectivity index (χ0v) is 22.4. The van der Waals surface area contributed by atoms with Crippen molar-refractivity contribution >= 4 is 12.1 Å². The fourth-order valence-corrected chi connectivity index (χ4v) is 5.89. The number of benzene rings is 2. The maximum atomic E-state index is 12.7. The third kappa shape index (κ3) is 5.76. The second-order valence-corrected chi connectivity index (χ2v) is 10.3. The molecule has 0 bridgehead atoms. The number of allylic oxidation sites excluding steroid dienone is 6. The van der Waals surface area contributed by atoms with Crippen LogP contribution in [0.2, 0.25) is 0 Å². The Morgan fingerprint density at radius 3 is 2.31 bits per heavy atom. The highest BCUT2D eigenvalue weighted by Crippen LogP contribution is 2.44. The number of nitrogens with one attached hydrogen (secondary N) is 1. The molecular formula is C33H35NO5. The monoisotopic (exact) mass is 525 g/mol. The van der Waals surface area contributed by atoms with Crippen LogP contribution in [0.15, 0.2) is 95.6 Å². The fourth-order valence-electron chi connectivity index (χ4n) is 5.89. The Bertz CT molecular complexity index is 1320. The summed E-state index contributed by atoms with van der Waals surface area (Å²) in [6.45, 7) is 2.30. The molecule has 6 heteroatoms. The molecule has 3 aliphatic rings. The first-order chi connectivity index (χ1) is 19.0. The highest BCUT2D eigenvalue weighted by atomic mass is 16.5. The van der Waals surface area contributed by atoms with Crippen molar-refractivity contribution in [3.05, 3.63) is 107 Å². The average molecular weight is 526 g/mol. The van der Waals surface area contributed by atoms with Crippen molar-refractivity contribution < 1.29 is 24.2 Å². The van der Waals surface area contributed by atoms with Crippen molar-refractivity contribution in [1.82, 2.24) is 5.32 Å². The number of carboxylic acid groups (broad SMARTS) is 1. The van der Waals surface area contributed by atoms with Crippen LogP contribution in [0, 0.1) is 5.92 Å². The maximum Gasteiger partial charge on any atom is 0.407 e. The summed E-state index contributed by atoms with van der Waals surface area (Å²) < 4.78 is 11.1. The molecule has 1 amide bonds. The topological polar surface area (TPSA) is 84.9 Å². The van der Waals surface area contributed by atoms with Crippen molar-refractivity contribution in [3.8, 4) is 11.1 Å². The van der Waals surface area contributed by atoms with Crippen LogP contribution >= 0.6 is 0 Å². The summed E-state index contributed by atoms with van der Waals surface area (Å²) in [5.41, 5.74) is 8.26. The summed E-state index contributed by atoms with van der Waals surface area (Å²) in [6, 6.07) is 15.2. The molecule has 2 unspecified atom stereocenters. The van der Waals surface area contributed by atoms with Gasteiger partial charge in [-0.05, 0) is 65.0 Å². The molecule has 0 radical (unpaired) electrons. The van der Waals surface area contributed by atoms with E-state index in [1.54, 1.807) is 7.11 Å². The number of ether oxygens (including phenoxy) is 2. The lowest BCUT2D eigenvalue weighted by atomic mass is 9.84. The Morgan fingerprint density at radius 1 is 1.03 bits per heavy atom. The van der Waals surface area contributed by atoms with E-state index >= 15 is 0 Å². The summed E-state index contributed by atoms with van der Waals surface area (Å²) in [7, 11) is 1.73. The Hall–Kier alpha value is -3.90. The van der Waals surface area contributed by atoms with Gasteiger partial charge in [0.25, 0.3) is 0 Å². The first kappa shape index (κ1) is 26.7. The van der Waals surface area contributed by atoms with Gasteiger partial charge in [-0.3, -0.25) is 0 Å². The van der Waals surface area contributed by atoms with E-state index in [4.69, 9.17) is 9.47 Å². The summed E-state index contributed by atoms with van der Waals surface area (Å²) in [5.74, 6) is -1.14. The largest absolute Gasteiger partial charge is 0.480 e. The number of alkyl carbamates (subject to hydrolysis) is 1. The molecular weight excluding hydrogens is 490 g/mol. The zero-order chi connectivity index (χ0) is 27.4. The van der Waals surface area contributed by atoms with E-state index < -0.39 is 18.1 Å². The van der Waals surface area contributed by atoms with Crippen LogP contribution < -0.4 is 5.32 Å². The minimum absolute atomic E-state index is 0.00806. The van der Waals surface area contributed by atoms with Crippen molar-refractivity contribution in [3.63, 3.8) is 0 Å². The van der Waals surface area contributed by atoms with Gasteiger partial charge in [-0.25, -0.2) is 9.59 Å². The lowest BCUT2D eigenvalue weighted by Crippen LogP contribution is -2.42. The standard InChI is InChI=1S/C33H35NO5/c1-3-22-19-24(38-2)16-17-25(22)23-14-12-21(13-15-23)18-31(32(35)36)34-33(37)39-20-30-28-10-6-4-8-26(28)27-9-5-7-11-29(27)30/h4-12,14-17,21,24,30-31H,3,13,18-20H2,1-2H3,(H,34,37)(H,35,36)/t21?,24?,31-/m0/s1. The summed E-state index contributed by atoms with van der Waals surface area (Å²) >= 11 is 0. The molecule has 0 saturated heterocycles. The number of carboxylic acids is 1. The van der Waals surface area contributed by atoms with Crippen molar-refractivity contribution in [2.75, 3.05) is 13.7 Å². The van der Waals surface area contributed by atoms with E-state index in [2.05, 4.69) is 66.9 Å². The molecule has 39 heavy (non-hydrogen) atoms. The number of carbonyl (C=O) groups excluding carboxylic acids is 1. The molecule has 0 fully saturated rings. The van der Waals surface area contributed by atoms with Gasteiger partial charge in [-0.1, -0.05) is 91.4 Å². The molecule has 2 aromatic rings. The molecule has 6 nitrogen and oxygen atoms in total. The van der Waals surface area contributed by atoms with E-state index in [1.807, 2.05) is 24.3 Å². The quantitative estimate of drug-likeness (QED) is 0.388. The van der Waals surface area contributed by atoms with Gasteiger partial charge in [-0.2, -0.15) is 0 Å². The third-order valence-electron chi connectivity index (χ3n) is 8.01. The SMILES string of the molecule is CCC1=C(C2=CCC(C[C@H](NC(=O)OCC3c4ccccc4-c4ccccc43)C(=O)O)C=C2)C=CC(OC)C1. The number of hydrogen-bond donors (Lipinski definition) is 2. The molecule has 202 valence electrons.